The highest BCUT2D eigenvalue weighted by Crippen LogP contribution is 2.39. The first kappa shape index (κ1) is 16.5. The Morgan fingerprint density at radius 3 is 2.75 bits per heavy atom. The van der Waals surface area contributed by atoms with E-state index in [1.54, 1.807) is 29.2 Å². The van der Waals surface area contributed by atoms with Gasteiger partial charge in [-0.1, -0.05) is 11.6 Å². The first-order chi connectivity index (χ1) is 13.7. The number of rotatable bonds is 3. The van der Waals surface area contributed by atoms with Gasteiger partial charge in [-0.25, -0.2) is 14.3 Å². The zero-order valence-corrected chi connectivity index (χ0v) is 15.5. The van der Waals surface area contributed by atoms with E-state index in [2.05, 4.69) is 26.2 Å². The van der Waals surface area contributed by atoms with Crippen LogP contribution in [0.4, 0.5) is 11.5 Å². The number of benzene rings is 1. The third kappa shape index (κ3) is 2.63. The highest BCUT2D eigenvalue weighted by Gasteiger charge is 2.26. The van der Waals surface area contributed by atoms with Crippen LogP contribution in [0, 0.1) is 11.3 Å². The van der Waals surface area contributed by atoms with Crippen molar-refractivity contribution in [2.24, 2.45) is 0 Å². The number of fused-ring (bicyclic) bond motifs is 1. The molecule has 8 heteroatoms. The second kappa shape index (κ2) is 6.51. The minimum atomic E-state index is 0.539. The molecule has 0 amide bonds. The van der Waals surface area contributed by atoms with Crippen LogP contribution in [0.25, 0.3) is 11.5 Å². The highest BCUT2D eigenvalue weighted by atomic mass is 35.5. The Balaban J connectivity index is 1.54. The molecule has 4 aromatic rings. The molecular weight excluding hydrogens is 374 g/mol. The number of nitrogens with zero attached hydrogens (tertiary/aromatic N) is 7. The Morgan fingerprint density at radius 1 is 1.04 bits per heavy atom. The minimum Gasteiger partial charge on any atom is -0.324 e. The van der Waals surface area contributed by atoms with Crippen molar-refractivity contribution in [3.8, 4) is 17.6 Å². The summed E-state index contributed by atoms with van der Waals surface area (Å²) in [5.74, 6) is 1.61. The van der Waals surface area contributed by atoms with Crippen LogP contribution in [0.3, 0.4) is 0 Å². The first-order valence-corrected chi connectivity index (χ1v) is 9.13. The van der Waals surface area contributed by atoms with E-state index >= 15 is 0 Å². The van der Waals surface area contributed by atoms with Crippen LogP contribution in [0.2, 0.25) is 5.02 Å². The molecule has 4 heterocycles. The van der Waals surface area contributed by atoms with Crippen molar-refractivity contribution in [2.45, 2.75) is 6.42 Å². The van der Waals surface area contributed by atoms with Gasteiger partial charge in [0.05, 0.1) is 28.0 Å². The zero-order chi connectivity index (χ0) is 19.1. The average molecular weight is 388 g/mol. The number of aromatic nitrogens is 5. The van der Waals surface area contributed by atoms with Crippen molar-refractivity contribution in [1.29, 1.82) is 5.26 Å². The topological polar surface area (TPSA) is 75.6 Å². The predicted molar refractivity (Wildman–Crippen MR) is 105 cm³/mol. The second-order valence-electron chi connectivity index (χ2n) is 6.38. The summed E-state index contributed by atoms with van der Waals surface area (Å²) in [5.41, 5.74) is 3.48. The monoisotopic (exact) mass is 387 g/mol. The lowest BCUT2D eigenvalue weighted by atomic mass is 10.2. The fourth-order valence-corrected chi connectivity index (χ4v) is 3.78. The van der Waals surface area contributed by atoms with Crippen molar-refractivity contribution < 1.29 is 0 Å². The maximum Gasteiger partial charge on any atom is 0.175 e. The molecule has 0 N–H and O–H groups in total. The van der Waals surface area contributed by atoms with E-state index in [9.17, 15) is 0 Å². The van der Waals surface area contributed by atoms with Crippen LogP contribution in [0.1, 0.15) is 11.1 Å². The molecule has 0 fully saturated rings. The fraction of sp³-hybridized carbons (Fsp3) is 0.100. The molecule has 0 unspecified atom stereocenters. The Kier molecular flexibility index (Phi) is 3.85. The maximum absolute atomic E-state index is 9.06. The van der Waals surface area contributed by atoms with E-state index in [-0.39, 0.29) is 0 Å². The van der Waals surface area contributed by atoms with Crippen molar-refractivity contribution in [1.82, 2.24) is 24.5 Å². The minimum absolute atomic E-state index is 0.539. The largest absolute Gasteiger partial charge is 0.324 e. The van der Waals surface area contributed by atoms with Crippen molar-refractivity contribution in [3.63, 3.8) is 0 Å². The molecule has 0 bridgehead atoms. The van der Waals surface area contributed by atoms with Gasteiger partial charge in [0.15, 0.2) is 5.82 Å². The fourth-order valence-electron chi connectivity index (χ4n) is 3.49. The number of hydrogen-bond donors (Lipinski definition) is 0. The molecule has 0 aliphatic carbocycles. The van der Waals surface area contributed by atoms with Gasteiger partial charge in [0.1, 0.15) is 5.82 Å². The lowest BCUT2D eigenvalue weighted by Gasteiger charge is -2.20. The number of anilines is 2. The lowest BCUT2D eigenvalue weighted by molar-refractivity contribution is 0.789. The highest BCUT2D eigenvalue weighted by molar-refractivity contribution is 6.33. The average Bonchev–Trinajstić information content (AvgIpc) is 3.46. The standard InChI is InChI=1S/C20H14ClN7/c21-16-12-14(13-22)2-3-18(16)26-10-5-15-17(4-8-23-20(15)26)27-11-6-19(25-27)28-9-1-7-24-28/h1-4,6-9,11-12H,5,10H2. The summed E-state index contributed by atoms with van der Waals surface area (Å²) in [6, 6.07) is 13.2. The first-order valence-electron chi connectivity index (χ1n) is 8.76. The summed E-state index contributed by atoms with van der Waals surface area (Å²) in [6.07, 6.45) is 8.11. The molecule has 1 aliphatic heterocycles. The maximum atomic E-state index is 9.06. The normalized spacial score (nSPS) is 12.8. The van der Waals surface area contributed by atoms with E-state index < -0.39 is 0 Å². The number of halogens is 1. The van der Waals surface area contributed by atoms with Crippen LogP contribution < -0.4 is 4.90 Å². The van der Waals surface area contributed by atoms with Gasteiger partial charge in [0, 0.05) is 43.0 Å². The summed E-state index contributed by atoms with van der Waals surface area (Å²) in [5, 5.41) is 18.5. The van der Waals surface area contributed by atoms with Crippen LogP contribution in [0.15, 0.2) is 61.2 Å². The second-order valence-corrected chi connectivity index (χ2v) is 6.79. The summed E-state index contributed by atoms with van der Waals surface area (Å²) in [4.78, 5) is 6.67. The van der Waals surface area contributed by atoms with Crippen LogP contribution >= 0.6 is 11.6 Å². The van der Waals surface area contributed by atoms with Crippen molar-refractivity contribution in [2.75, 3.05) is 11.4 Å². The number of hydrogen-bond acceptors (Lipinski definition) is 5. The van der Waals surface area contributed by atoms with Gasteiger partial charge >= 0.3 is 0 Å². The molecule has 0 atom stereocenters. The molecule has 1 aromatic carbocycles. The van der Waals surface area contributed by atoms with Gasteiger partial charge < -0.3 is 4.90 Å². The molecule has 7 nitrogen and oxygen atoms in total. The predicted octanol–water partition coefficient (Wildman–Crippen LogP) is 3.67. The van der Waals surface area contributed by atoms with E-state index in [1.165, 1.54) is 0 Å². The summed E-state index contributed by atoms with van der Waals surface area (Å²) >= 11 is 6.42. The third-order valence-electron chi connectivity index (χ3n) is 4.78. The lowest BCUT2D eigenvalue weighted by Crippen LogP contribution is -2.14. The number of nitriles is 1. The van der Waals surface area contributed by atoms with Gasteiger partial charge in [0.2, 0.25) is 0 Å². The van der Waals surface area contributed by atoms with Gasteiger partial charge in [-0.2, -0.15) is 10.4 Å². The van der Waals surface area contributed by atoms with Crippen LogP contribution in [0.5, 0.6) is 0 Å². The molecule has 0 saturated heterocycles. The van der Waals surface area contributed by atoms with Crippen molar-refractivity contribution >= 4 is 23.1 Å². The number of pyridine rings is 1. The van der Waals surface area contributed by atoms with Crippen LogP contribution in [-0.2, 0) is 6.42 Å². The van der Waals surface area contributed by atoms with Gasteiger partial charge in [-0.15, -0.1) is 5.10 Å². The molecular formula is C20H14ClN7. The SMILES string of the molecule is N#Cc1ccc(N2CCc3c(-n4ccc(-n5cccn5)n4)ccnc32)c(Cl)c1. The van der Waals surface area contributed by atoms with Crippen molar-refractivity contribution in [3.05, 3.63) is 77.3 Å². The Labute approximate surface area is 166 Å². The van der Waals surface area contributed by atoms with Gasteiger partial charge in [-0.3, -0.25) is 0 Å². The summed E-state index contributed by atoms with van der Waals surface area (Å²) in [6.45, 7) is 0.762. The Morgan fingerprint density at radius 2 is 1.96 bits per heavy atom. The molecule has 1 aliphatic rings. The quantitative estimate of drug-likeness (QED) is 0.536. The molecule has 28 heavy (non-hydrogen) atoms. The van der Waals surface area contributed by atoms with E-state index in [0.717, 1.165) is 41.5 Å². The van der Waals surface area contributed by atoms with Gasteiger partial charge in [-0.05, 0) is 36.8 Å². The van der Waals surface area contributed by atoms with E-state index in [4.69, 9.17) is 16.9 Å². The zero-order valence-electron chi connectivity index (χ0n) is 14.7. The van der Waals surface area contributed by atoms with E-state index in [0.29, 0.717) is 10.6 Å². The van der Waals surface area contributed by atoms with Crippen LogP contribution in [-0.4, -0.2) is 31.1 Å². The molecule has 5 rings (SSSR count). The Bertz CT molecular complexity index is 1200. The summed E-state index contributed by atoms with van der Waals surface area (Å²) < 4.78 is 3.57. The molecule has 0 spiro atoms. The molecule has 0 radical (unpaired) electrons. The summed E-state index contributed by atoms with van der Waals surface area (Å²) in [7, 11) is 0. The van der Waals surface area contributed by atoms with Gasteiger partial charge in [0.25, 0.3) is 0 Å². The third-order valence-corrected chi connectivity index (χ3v) is 5.08. The smallest absolute Gasteiger partial charge is 0.175 e. The molecule has 3 aromatic heterocycles. The molecule has 136 valence electrons. The van der Waals surface area contributed by atoms with E-state index in [1.807, 2.05) is 41.3 Å². The Hall–Kier alpha value is -3.63. The molecule has 0 saturated carbocycles.